The van der Waals surface area contributed by atoms with Crippen molar-refractivity contribution in [1.82, 2.24) is 5.32 Å². The fourth-order valence-electron chi connectivity index (χ4n) is 1.45. The van der Waals surface area contributed by atoms with Gasteiger partial charge in [-0.05, 0) is 24.1 Å². The maximum absolute atomic E-state index is 11.9. The molecule has 0 radical (unpaired) electrons. The maximum Gasteiger partial charge on any atom is 0.573 e. The molecule has 0 aromatic heterocycles. The number of hydrogen-bond acceptors (Lipinski definition) is 2. The summed E-state index contributed by atoms with van der Waals surface area (Å²) in [5, 5.41) is 2.07. The molecule has 1 N–H and O–H groups in total. The van der Waals surface area contributed by atoms with Gasteiger partial charge in [-0.2, -0.15) is 13.2 Å². The van der Waals surface area contributed by atoms with E-state index in [9.17, 15) is 31.1 Å². The predicted octanol–water partition coefficient (Wildman–Crippen LogP) is 3.20. The van der Waals surface area contributed by atoms with Gasteiger partial charge in [-0.1, -0.05) is 12.1 Å². The van der Waals surface area contributed by atoms with Crippen molar-refractivity contribution in [2.24, 2.45) is 0 Å². The zero-order chi connectivity index (χ0) is 16.1. The highest BCUT2D eigenvalue weighted by atomic mass is 19.4. The molecule has 0 fully saturated rings. The standard InChI is InChI=1S/C12H11F6NO2/c13-11(14,15)7-10(20)19-6-5-8-1-3-9(4-2-8)21-12(16,17)18/h1-4H,5-7H2,(H,19,20). The second-order valence-electron chi connectivity index (χ2n) is 4.08. The molecule has 1 rings (SSSR count). The Balaban J connectivity index is 2.38. The van der Waals surface area contributed by atoms with E-state index in [0.29, 0.717) is 5.56 Å². The number of hydrogen-bond donors (Lipinski definition) is 1. The van der Waals surface area contributed by atoms with Crippen LogP contribution < -0.4 is 10.1 Å². The molecule has 1 aromatic carbocycles. The normalized spacial score (nSPS) is 12.1. The van der Waals surface area contributed by atoms with Gasteiger partial charge in [0.1, 0.15) is 12.2 Å². The summed E-state index contributed by atoms with van der Waals surface area (Å²) in [6.45, 7) is -0.0472. The lowest BCUT2D eigenvalue weighted by molar-refractivity contribution is -0.274. The number of halogens is 6. The zero-order valence-electron chi connectivity index (χ0n) is 10.5. The van der Waals surface area contributed by atoms with Crippen LogP contribution in [-0.4, -0.2) is 25.0 Å². The van der Waals surface area contributed by atoms with Crippen LogP contribution in [0.15, 0.2) is 24.3 Å². The number of carbonyl (C=O) groups excluding carboxylic acids is 1. The van der Waals surface area contributed by atoms with E-state index in [0.717, 1.165) is 12.1 Å². The van der Waals surface area contributed by atoms with E-state index < -0.39 is 30.6 Å². The first-order valence-corrected chi connectivity index (χ1v) is 5.73. The van der Waals surface area contributed by atoms with Crippen molar-refractivity contribution < 1.29 is 35.9 Å². The van der Waals surface area contributed by atoms with E-state index in [-0.39, 0.29) is 13.0 Å². The molecule has 0 aliphatic rings. The lowest BCUT2D eigenvalue weighted by Gasteiger charge is -2.10. The summed E-state index contributed by atoms with van der Waals surface area (Å²) in [5.74, 6) is -1.55. The van der Waals surface area contributed by atoms with E-state index in [2.05, 4.69) is 10.1 Å². The summed E-state index contributed by atoms with van der Waals surface area (Å²) in [6.07, 6.45) is -10.7. The molecule has 21 heavy (non-hydrogen) atoms. The van der Waals surface area contributed by atoms with Crippen LogP contribution in [0.25, 0.3) is 0 Å². The van der Waals surface area contributed by atoms with Gasteiger partial charge in [-0.25, -0.2) is 0 Å². The molecule has 0 aliphatic heterocycles. The highest BCUT2D eigenvalue weighted by Gasteiger charge is 2.31. The second-order valence-corrected chi connectivity index (χ2v) is 4.08. The third-order valence-electron chi connectivity index (χ3n) is 2.25. The summed E-state index contributed by atoms with van der Waals surface area (Å²) in [5.41, 5.74) is 0.553. The molecule has 1 amide bonds. The fraction of sp³-hybridized carbons (Fsp3) is 0.417. The lowest BCUT2D eigenvalue weighted by Crippen LogP contribution is -2.30. The third kappa shape index (κ3) is 8.05. The van der Waals surface area contributed by atoms with E-state index in [1.165, 1.54) is 12.1 Å². The Morgan fingerprint density at radius 3 is 2.10 bits per heavy atom. The van der Waals surface area contributed by atoms with E-state index in [1.807, 2.05) is 0 Å². The first-order valence-electron chi connectivity index (χ1n) is 5.73. The largest absolute Gasteiger partial charge is 0.573 e. The molecule has 0 atom stereocenters. The third-order valence-corrected chi connectivity index (χ3v) is 2.25. The van der Waals surface area contributed by atoms with Crippen LogP contribution in [0.1, 0.15) is 12.0 Å². The minimum atomic E-state index is -4.78. The molecule has 0 saturated carbocycles. The molecule has 0 bridgehead atoms. The first kappa shape index (κ1) is 17.1. The predicted molar refractivity (Wildman–Crippen MR) is 60.5 cm³/mol. The number of carbonyl (C=O) groups is 1. The van der Waals surface area contributed by atoms with Gasteiger partial charge in [0.25, 0.3) is 0 Å². The van der Waals surface area contributed by atoms with Crippen molar-refractivity contribution in [2.45, 2.75) is 25.4 Å². The summed E-state index contributed by atoms with van der Waals surface area (Å²) in [6, 6.07) is 4.83. The Morgan fingerprint density at radius 2 is 1.62 bits per heavy atom. The van der Waals surface area contributed by atoms with Gasteiger partial charge in [0.05, 0.1) is 0 Å². The van der Waals surface area contributed by atoms with Gasteiger partial charge in [0.15, 0.2) is 0 Å². The van der Waals surface area contributed by atoms with Crippen molar-refractivity contribution in [3.63, 3.8) is 0 Å². The molecule has 118 valence electrons. The SMILES string of the molecule is O=C(CC(F)(F)F)NCCc1ccc(OC(F)(F)F)cc1. The molecule has 3 nitrogen and oxygen atoms in total. The summed E-state index contributed by atoms with van der Waals surface area (Å²) in [4.78, 5) is 10.9. The van der Waals surface area contributed by atoms with Crippen molar-refractivity contribution in [3.8, 4) is 5.75 Å². The Kier molecular flexibility index (Phi) is 5.45. The molecule has 9 heteroatoms. The number of alkyl halides is 6. The molecule has 0 aliphatic carbocycles. The van der Waals surface area contributed by atoms with Crippen molar-refractivity contribution in [1.29, 1.82) is 0 Å². The zero-order valence-corrected chi connectivity index (χ0v) is 10.5. The maximum atomic E-state index is 11.9. The van der Waals surface area contributed by atoms with Crippen LogP contribution in [-0.2, 0) is 11.2 Å². The van der Waals surface area contributed by atoms with Crippen LogP contribution in [0, 0.1) is 0 Å². The Morgan fingerprint density at radius 1 is 1.05 bits per heavy atom. The minimum Gasteiger partial charge on any atom is -0.406 e. The number of rotatable bonds is 5. The van der Waals surface area contributed by atoms with Gasteiger partial charge in [0, 0.05) is 6.54 Å². The van der Waals surface area contributed by atoms with Gasteiger partial charge < -0.3 is 10.1 Å². The Bertz CT molecular complexity index is 466. The number of benzene rings is 1. The number of amides is 1. The molecule has 0 spiro atoms. The van der Waals surface area contributed by atoms with Crippen molar-refractivity contribution in [3.05, 3.63) is 29.8 Å². The Labute approximate surface area is 115 Å². The van der Waals surface area contributed by atoms with Crippen molar-refractivity contribution >= 4 is 5.91 Å². The molecule has 0 heterocycles. The topological polar surface area (TPSA) is 38.3 Å². The van der Waals surface area contributed by atoms with Gasteiger partial charge in [-0.3, -0.25) is 4.79 Å². The van der Waals surface area contributed by atoms with E-state index in [1.54, 1.807) is 0 Å². The Hall–Kier alpha value is -1.93. The monoisotopic (exact) mass is 315 g/mol. The summed E-state index contributed by atoms with van der Waals surface area (Å²) in [7, 11) is 0. The highest BCUT2D eigenvalue weighted by Crippen LogP contribution is 2.22. The smallest absolute Gasteiger partial charge is 0.406 e. The second kappa shape index (κ2) is 6.68. The summed E-state index contributed by atoms with van der Waals surface area (Å²) < 4.78 is 75.0. The average Bonchev–Trinajstić information content (AvgIpc) is 2.27. The number of ether oxygens (including phenoxy) is 1. The van der Waals surface area contributed by atoms with Gasteiger partial charge in [0.2, 0.25) is 5.91 Å². The van der Waals surface area contributed by atoms with Crippen LogP contribution in [0.2, 0.25) is 0 Å². The molecule has 1 aromatic rings. The number of nitrogens with one attached hydrogen (secondary N) is 1. The molecular weight excluding hydrogens is 304 g/mol. The van der Waals surface area contributed by atoms with Gasteiger partial charge in [-0.15, -0.1) is 13.2 Å². The van der Waals surface area contributed by atoms with Crippen LogP contribution in [0.3, 0.4) is 0 Å². The highest BCUT2D eigenvalue weighted by molar-refractivity contribution is 5.76. The summed E-state index contributed by atoms with van der Waals surface area (Å²) >= 11 is 0. The van der Waals surface area contributed by atoms with Crippen LogP contribution in [0.5, 0.6) is 5.75 Å². The lowest BCUT2D eigenvalue weighted by atomic mass is 10.1. The fourth-order valence-corrected chi connectivity index (χ4v) is 1.45. The van der Waals surface area contributed by atoms with Crippen LogP contribution >= 0.6 is 0 Å². The van der Waals surface area contributed by atoms with Crippen LogP contribution in [0.4, 0.5) is 26.3 Å². The quantitative estimate of drug-likeness (QED) is 0.848. The van der Waals surface area contributed by atoms with E-state index >= 15 is 0 Å². The van der Waals surface area contributed by atoms with Crippen molar-refractivity contribution in [2.75, 3.05) is 6.54 Å². The molecule has 0 saturated heterocycles. The van der Waals surface area contributed by atoms with Gasteiger partial charge >= 0.3 is 12.5 Å². The average molecular weight is 315 g/mol. The van der Waals surface area contributed by atoms with E-state index in [4.69, 9.17) is 0 Å². The molecule has 0 unspecified atom stereocenters. The molecular formula is C12H11F6NO2. The minimum absolute atomic E-state index is 0.0472. The first-order chi connectivity index (χ1) is 9.55.